The van der Waals surface area contributed by atoms with Crippen LogP contribution in [0, 0.1) is 0 Å². The Kier molecular flexibility index (Phi) is 3.13. The van der Waals surface area contributed by atoms with Crippen LogP contribution < -0.4 is 0 Å². The van der Waals surface area contributed by atoms with Crippen LogP contribution in [0.4, 0.5) is 0 Å². The molecule has 0 bridgehead atoms. The van der Waals surface area contributed by atoms with Gasteiger partial charge >= 0.3 is 0 Å². The van der Waals surface area contributed by atoms with Gasteiger partial charge in [-0.05, 0) is 24.6 Å². The molecule has 98 valence electrons. The molecule has 1 aliphatic heterocycles. The first kappa shape index (κ1) is 12.4. The summed E-state index contributed by atoms with van der Waals surface area (Å²) in [5.74, 6) is 0. The maximum absolute atomic E-state index is 11.2. The molecular formula is C17H19NO. The molecule has 19 heavy (non-hydrogen) atoms. The maximum atomic E-state index is 11.2. The normalized spacial score (nSPS) is 27.6. The van der Waals surface area contributed by atoms with Crippen molar-refractivity contribution in [3.63, 3.8) is 0 Å². The Morgan fingerprint density at radius 1 is 1.00 bits per heavy atom. The number of likely N-dealkylation sites (tertiary alicyclic amines) is 1. The van der Waals surface area contributed by atoms with Gasteiger partial charge in [0.1, 0.15) is 5.60 Å². The molecule has 1 aliphatic rings. The Labute approximate surface area is 114 Å². The molecular weight excluding hydrogens is 234 g/mol. The number of likely N-dealkylation sites (N-methyl/N-ethyl adjacent to an activating group) is 1. The summed E-state index contributed by atoms with van der Waals surface area (Å²) < 4.78 is 0. The van der Waals surface area contributed by atoms with Crippen molar-refractivity contribution in [2.75, 3.05) is 13.6 Å². The summed E-state index contributed by atoms with van der Waals surface area (Å²) in [6.45, 7) is 0.908. The number of hydrogen-bond donors (Lipinski definition) is 1. The highest BCUT2D eigenvalue weighted by molar-refractivity contribution is 5.32. The van der Waals surface area contributed by atoms with E-state index in [-0.39, 0.29) is 6.04 Å². The van der Waals surface area contributed by atoms with Gasteiger partial charge in [-0.25, -0.2) is 0 Å². The standard InChI is InChI=1S/C17H19NO/c1-18-13-12-17(19,15-10-6-3-7-11-15)16(18)14-8-4-2-5-9-14/h2-11,16,19H,12-13H2,1H3/t16-,17+/m0/s1. The van der Waals surface area contributed by atoms with Crippen LogP contribution in [-0.4, -0.2) is 23.6 Å². The molecule has 0 amide bonds. The fourth-order valence-corrected chi connectivity index (χ4v) is 3.17. The van der Waals surface area contributed by atoms with Crippen LogP contribution >= 0.6 is 0 Å². The van der Waals surface area contributed by atoms with Gasteiger partial charge in [0.2, 0.25) is 0 Å². The smallest absolute Gasteiger partial charge is 0.110 e. The number of aliphatic hydroxyl groups is 1. The number of benzene rings is 2. The average Bonchev–Trinajstić information content (AvgIpc) is 2.78. The van der Waals surface area contributed by atoms with Gasteiger partial charge in [-0.15, -0.1) is 0 Å². The zero-order valence-corrected chi connectivity index (χ0v) is 11.2. The van der Waals surface area contributed by atoms with Crippen LogP contribution in [0.15, 0.2) is 60.7 Å². The molecule has 0 spiro atoms. The third-order valence-corrected chi connectivity index (χ3v) is 4.13. The Bertz CT molecular complexity index is 540. The van der Waals surface area contributed by atoms with Gasteiger partial charge in [-0.1, -0.05) is 60.7 Å². The second-order valence-electron chi connectivity index (χ2n) is 5.33. The largest absolute Gasteiger partial charge is 0.383 e. The van der Waals surface area contributed by atoms with Gasteiger partial charge in [0.05, 0.1) is 6.04 Å². The second kappa shape index (κ2) is 4.80. The van der Waals surface area contributed by atoms with E-state index >= 15 is 0 Å². The summed E-state index contributed by atoms with van der Waals surface area (Å²) in [5.41, 5.74) is 1.39. The van der Waals surface area contributed by atoms with Gasteiger partial charge in [-0.3, -0.25) is 4.90 Å². The third kappa shape index (κ3) is 2.07. The van der Waals surface area contributed by atoms with Crippen molar-refractivity contribution in [1.82, 2.24) is 4.90 Å². The fraction of sp³-hybridized carbons (Fsp3) is 0.294. The first-order chi connectivity index (χ1) is 9.22. The van der Waals surface area contributed by atoms with E-state index in [0.29, 0.717) is 0 Å². The highest BCUT2D eigenvalue weighted by atomic mass is 16.3. The Morgan fingerprint density at radius 2 is 1.58 bits per heavy atom. The topological polar surface area (TPSA) is 23.5 Å². The quantitative estimate of drug-likeness (QED) is 0.889. The molecule has 3 rings (SSSR count). The van der Waals surface area contributed by atoms with Crippen LogP contribution in [0.1, 0.15) is 23.6 Å². The summed E-state index contributed by atoms with van der Waals surface area (Å²) in [5, 5.41) is 11.2. The van der Waals surface area contributed by atoms with Crippen molar-refractivity contribution in [3.8, 4) is 0 Å². The number of rotatable bonds is 2. The van der Waals surface area contributed by atoms with Crippen molar-refractivity contribution in [1.29, 1.82) is 0 Å². The van der Waals surface area contributed by atoms with Crippen LogP contribution in [0.3, 0.4) is 0 Å². The highest BCUT2D eigenvalue weighted by Gasteiger charge is 2.46. The lowest BCUT2D eigenvalue weighted by Gasteiger charge is -2.33. The summed E-state index contributed by atoms with van der Waals surface area (Å²) in [4.78, 5) is 2.24. The van der Waals surface area contributed by atoms with E-state index in [0.717, 1.165) is 18.5 Å². The lowest BCUT2D eigenvalue weighted by atomic mass is 9.83. The van der Waals surface area contributed by atoms with Gasteiger partial charge < -0.3 is 5.11 Å². The molecule has 2 atom stereocenters. The number of nitrogens with zero attached hydrogens (tertiary/aromatic N) is 1. The predicted molar refractivity (Wildman–Crippen MR) is 76.8 cm³/mol. The molecule has 0 aromatic heterocycles. The van der Waals surface area contributed by atoms with Gasteiger partial charge in [0, 0.05) is 6.54 Å². The first-order valence-electron chi connectivity index (χ1n) is 6.75. The predicted octanol–water partition coefficient (Wildman–Crippen LogP) is 2.95. The minimum atomic E-state index is -0.794. The monoisotopic (exact) mass is 253 g/mol. The third-order valence-electron chi connectivity index (χ3n) is 4.13. The average molecular weight is 253 g/mol. The van der Waals surface area contributed by atoms with Crippen molar-refractivity contribution < 1.29 is 5.11 Å². The molecule has 0 saturated carbocycles. The van der Waals surface area contributed by atoms with E-state index in [9.17, 15) is 5.11 Å². The van der Waals surface area contributed by atoms with E-state index in [4.69, 9.17) is 0 Å². The molecule has 1 fully saturated rings. The van der Waals surface area contributed by atoms with Crippen molar-refractivity contribution in [2.45, 2.75) is 18.1 Å². The Hall–Kier alpha value is -1.64. The zero-order chi connectivity index (χ0) is 13.3. The molecule has 0 radical (unpaired) electrons. The fourth-order valence-electron chi connectivity index (χ4n) is 3.17. The Morgan fingerprint density at radius 3 is 2.21 bits per heavy atom. The van der Waals surface area contributed by atoms with Crippen LogP contribution in [-0.2, 0) is 5.60 Å². The Balaban J connectivity index is 2.06. The molecule has 1 N–H and O–H groups in total. The molecule has 1 heterocycles. The zero-order valence-electron chi connectivity index (χ0n) is 11.2. The molecule has 1 saturated heterocycles. The minimum Gasteiger partial charge on any atom is -0.383 e. The SMILES string of the molecule is CN1CC[C@@](O)(c2ccccc2)[C@@H]1c1ccccc1. The molecule has 2 aromatic carbocycles. The van der Waals surface area contributed by atoms with Crippen LogP contribution in [0.2, 0.25) is 0 Å². The summed E-state index contributed by atoms with van der Waals surface area (Å²) in [6.07, 6.45) is 0.771. The lowest BCUT2D eigenvalue weighted by Crippen LogP contribution is -2.33. The van der Waals surface area contributed by atoms with Gasteiger partial charge in [0.15, 0.2) is 0 Å². The maximum Gasteiger partial charge on any atom is 0.110 e. The van der Waals surface area contributed by atoms with E-state index in [1.807, 2.05) is 48.5 Å². The van der Waals surface area contributed by atoms with Gasteiger partial charge in [-0.2, -0.15) is 0 Å². The van der Waals surface area contributed by atoms with E-state index < -0.39 is 5.60 Å². The van der Waals surface area contributed by atoms with Gasteiger partial charge in [0.25, 0.3) is 0 Å². The summed E-state index contributed by atoms with van der Waals surface area (Å²) in [7, 11) is 2.08. The number of hydrogen-bond acceptors (Lipinski definition) is 2. The minimum absolute atomic E-state index is 0.0242. The van der Waals surface area contributed by atoms with E-state index in [2.05, 4.69) is 24.1 Å². The van der Waals surface area contributed by atoms with Crippen molar-refractivity contribution in [3.05, 3.63) is 71.8 Å². The van der Waals surface area contributed by atoms with Crippen molar-refractivity contribution >= 4 is 0 Å². The van der Waals surface area contributed by atoms with Crippen LogP contribution in [0.5, 0.6) is 0 Å². The molecule has 2 nitrogen and oxygen atoms in total. The molecule has 0 aliphatic carbocycles. The summed E-state index contributed by atoms with van der Waals surface area (Å²) in [6, 6.07) is 20.3. The van der Waals surface area contributed by atoms with E-state index in [1.165, 1.54) is 5.56 Å². The first-order valence-corrected chi connectivity index (χ1v) is 6.75. The van der Waals surface area contributed by atoms with E-state index in [1.54, 1.807) is 0 Å². The van der Waals surface area contributed by atoms with Crippen molar-refractivity contribution in [2.24, 2.45) is 0 Å². The highest BCUT2D eigenvalue weighted by Crippen LogP contribution is 2.46. The molecule has 2 heteroatoms. The van der Waals surface area contributed by atoms with Crippen LogP contribution in [0.25, 0.3) is 0 Å². The molecule has 2 aromatic rings. The molecule has 0 unspecified atom stereocenters. The summed E-state index contributed by atoms with van der Waals surface area (Å²) >= 11 is 0. The second-order valence-corrected chi connectivity index (χ2v) is 5.33. The lowest BCUT2D eigenvalue weighted by molar-refractivity contribution is 0.00249.